The van der Waals surface area contributed by atoms with Crippen molar-refractivity contribution in [2.24, 2.45) is 17.8 Å². The van der Waals surface area contributed by atoms with Crippen molar-refractivity contribution >= 4 is 5.69 Å². The Morgan fingerprint density at radius 2 is 1.38 bits per heavy atom. The van der Waals surface area contributed by atoms with E-state index in [0.717, 1.165) is 38.4 Å². The van der Waals surface area contributed by atoms with Crippen LogP contribution in [0.3, 0.4) is 0 Å². The molecule has 39 heavy (non-hydrogen) atoms. The van der Waals surface area contributed by atoms with E-state index in [1.165, 1.54) is 39.9 Å². The Kier molecular flexibility index (Phi) is 10.5. The maximum Gasteiger partial charge on any atom is 0.0562 e. The van der Waals surface area contributed by atoms with Gasteiger partial charge in [-0.25, -0.2) is 0 Å². The van der Waals surface area contributed by atoms with Crippen LogP contribution in [-0.2, 0) is 19.4 Å². The van der Waals surface area contributed by atoms with E-state index >= 15 is 0 Å². The van der Waals surface area contributed by atoms with Gasteiger partial charge >= 0.3 is 0 Å². The fourth-order valence-electron chi connectivity index (χ4n) is 5.94. The molecule has 0 fully saturated rings. The summed E-state index contributed by atoms with van der Waals surface area (Å²) in [5, 5.41) is 10.5. The Hall–Kier alpha value is -2.83. The van der Waals surface area contributed by atoms with Crippen LogP contribution in [0.5, 0.6) is 0 Å². The average molecular weight is 529 g/mol. The molecule has 3 aliphatic rings. The molecule has 0 aromatic carbocycles. The van der Waals surface area contributed by atoms with Crippen molar-refractivity contribution < 1.29 is 0 Å². The van der Waals surface area contributed by atoms with Gasteiger partial charge in [-0.05, 0) is 95.5 Å². The summed E-state index contributed by atoms with van der Waals surface area (Å²) in [4.78, 5) is 12.5. The first-order chi connectivity index (χ1) is 18.8. The number of pyridine rings is 3. The highest BCUT2D eigenvalue weighted by atomic mass is 14.9. The first-order valence-electron chi connectivity index (χ1n) is 14.8. The predicted molar refractivity (Wildman–Crippen MR) is 162 cm³/mol. The monoisotopic (exact) mass is 528 g/mol. The number of rotatable bonds is 3. The molecule has 6 heteroatoms. The van der Waals surface area contributed by atoms with Gasteiger partial charge in [-0.1, -0.05) is 41.5 Å². The van der Waals surface area contributed by atoms with Crippen molar-refractivity contribution in [3.8, 4) is 0 Å². The van der Waals surface area contributed by atoms with E-state index in [1.807, 2.05) is 37.2 Å². The molecule has 3 unspecified atom stereocenters. The van der Waals surface area contributed by atoms with E-state index in [-0.39, 0.29) is 0 Å². The lowest BCUT2D eigenvalue weighted by atomic mass is 9.83. The van der Waals surface area contributed by atoms with Crippen LogP contribution in [0.1, 0.15) is 87.7 Å². The van der Waals surface area contributed by atoms with Gasteiger partial charge in [0.15, 0.2) is 0 Å². The minimum absolute atomic E-state index is 0.520. The van der Waals surface area contributed by atoms with Gasteiger partial charge in [-0.15, -0.1) is 0 Å². The van der Waals surface area contributed by atoms with E-state index in [1.54, 1.807) is 0 Å². The molecular weight excluding hydrogens is 480 g/mol. The van der Waals surface area contributed by atoms with Gasteiger partial charge in [0.2, 0.25) is 0 Å². The third kappa shape index (κ3) is 7.64. The van der Waals surface area contributed by atoms with Gasteiger partial charge in [0.05, 0.1) is 11.9 Å². The van der Waals surface area contributed by atoms with Crippen LogP contribution < -0.4 is 16.0 Å². The molecule has 0 bridgehead atoms. The summed E-state index contributed by atoms with van der Waals surface area (Å²) in [6.07, 6.45) is 15.1. The number of hydrogen-bond acceptors (Lipinski definition) is 6. The zero-order valence-corrected chi connectivity index (χ0v) is 24.7. The summed E-state index contributed by atoms with van der Waals surface area (Å²) in [5.74, 6) is 2.79. The quantitative estimate of drug-likeness (QED) is 0.370. The van der Waals surface area contributed by atoms with E-state index in [9.17, 15) is 0 Å². The second-order valence-electron chi connectivity index (χ2n) is 12.1. The zero-order valence-electron chi connectivity index (χ0n) is 24.7. The topological polar surface area (TPSA) is 74.8 Å². The highest BCUT2D eigenvalue weighted by Gasteiger charge is 2.23. The number of aromatic nitrogens is 3. The maximum atomic E-state index is 4.16. The van der Waals surface area contributed by atoms with Gasteiger partial charge in [0.25, 0.3) is 0 Å². The molecule has 6 nitrogen and oxygen atoms in total. The van der Waals surface area contributed by atoms with Crippen molar-refractivity contribution in [2.45, 2.75) is 85.4 Å². The van der Waals surface area contributed by atoms with E-state index in [4.69, 9.17) is 0 Å². The minimum Gasteiger partial charge on any atom is -0.384 e. The smallest absolute Gasteiger partial charge is 0.0562 e. The van der Waals surface area contributed by atoms with Crippen LogP contribution >= 0.6 is 0 Å². The highest BCUT2D eigenvalue weighted by molar-refractivity contribution is 5.52. The van der Waals surface area contributed by atoms with Crippen molar-refractivity contribution in [3.63, 3.8) is 0 Å². The lowest BCUT2D eigenvalue weighted by Gasteiger charge is -2.29. The van der Waals surface area contributed by atoms with Gasteiger partial charge in [0, 0.05) is 56.2 Å². The van der Waals surface area contributed by atoms with E-state index in [2.05, 4.69) is 90.6 Å². The van der Waals surface area contributed by atoms with Crippen molar-refractivity contribution in [1.82, 2.24) is 25.6 Å². The molecule has 3 N–H and O–H groups in total. The zero-order chi connectivity index (χ0) is 27.8. The second kappa shape index (κ2) is 14.0. The number of fused-ring (bicyclic) bond motifs is 3. The molecule has 3 aromatic rings. The molecule has 0 aliphatic carbocycles. The molecule has 0 radical (unpaired) electrons. The third-order valence-corrected chi connectivity index (χ3v) is 8.34. The normalized spacial score (nSPS) is 21.4. The van der Waals surface area contributed by atoms with Crippen LogP contribution in [0.2, 0.25) is 0 Å². The average Bonchev–Trinajstić information content (AvgIpc) is 2.96. The molecular formula is C33H48N6. The fraction of sp³-hybridized carbons (Fsp3) is 0.545. The first-order valence-corrected chi connectivity index (χ1v) is 14.8. The molecule has 0 saturated carbocycles. The number of anilines is 1. The van der Waals surface area contributed by atoms with Crippen LogP contribution in [0.25, 0.3) is 0 Å². The molecule has 6 heterocycles. The molecule has 0 spiro atoms. The lowest BCUT2D eigenvalue weighted by molar-refractivity contribution is 0.377. The van der Waals surface area contributed by atoms with Gasteiger partial charge in [0.1, 0.15) is 0 Å². The minimum atomic E-state index is 0.520. The molecule has 3 aromatic heterocycles. The van der Waals surface area contributed by atoms with Crippen LogP contribution in [0, 0.1) is 17.8 Å². The summed E-state index contributed by atoms with van der Waals surface area (Å²) < 4.78 is 0. The fourth-order valence-corrected chi connectivity index (χ4v) is 5.94. The Morgan fingerprint density at radius 3 is 2.10 bits per heavy atom. The molecule has 3 aliphatic heterocycles. The summed E-state index contributed by atoms with van der Waals surface area (Å²) in [6.45, 7) is 16.8. The maximum absolute atomic E-state index is 4.16. The van der Waals surface area contributed by atoms with E-state index < -0.39 is 0 Å². The molecule has 0 saturated heterocycles. The SMILES string of the molecule is CC(C)C1CCNc2cnccc21.CC(C)C1Cc2cnccc2CN1.CC(C)C1NCCc2cnccc21. The molecule has 3 atom stereocenters. The summed E-state index contributed by atoms with van der Waals surface area (Å²) in [5.41, 5.74) is 8.35. The van der Waals surface area contributed by atoms with Gasteiger partial charge in [-0.2, -0.15) is 0 Å². The third-order valence-electron chi connectivity index (χ3n) is 8.34. The Labute approximate surface area is 235 Å². The van der Waals surface area contributed by atoms with Crippen molar-refractivity contribution in [2.75, 3.05) is 18.4 Å². The number of hydrogen-bond donors (Lipinski definition) is 3. The summed E-state index contributed by atoms with van der Waals surface area (Å²) in [6, 6.07) is 7.54. The van der Waals surface area contributed by atoms with Gasteiger partial charge in [-0.3, -0.25) is 15.0 Å². The van der Waals surface area contributed by atoms with Crippen LogP contribution in [0.15, 0.2) is 55.4 Å². The van der Waals surface area contributed by atoms with Crippen LogP contribution in [-0.4, -0.2) is 34.1 Å². The van der Waals surface area contributed by atoms with Crippen molar-refractivity contribution in [1.29, 1.82) is 0 Å². The lowest BCUT2D eigenvalue weighted by Crippen LogP contribution is -2.39. The Balaban J connectivity index is 0.000000136. The largest absolute Gasteiger partial charge is 0.384 e. The second-order valence-corrected chi connectivity index (χ2v) is 12.1. The molecule has 0 amide bonds. The predicted octanol–water partition coefficient (Wildman–Crippen LogP) is 6.31. The summed E-state index contributed by atoms with van der Waals surface area (Å²) in [7, 11) is 0. The standard InChI is InChI=1S/3C11H16N2/c1-8(2)11-10-4-5-12-7-9(10)3-6-13-11;1-8(2)9-4-6-13-11-7-12-5-3-10(9)11;1-8(2)11-5-10-6-12-4-3-9(10)7-13-11/h4-5,7-8,11,13H,3,6H2,1-2H3;3,5,7-9,13H,4,6H2,1-2H3;3-4,6,8,11,13H,5,7H2,1-2H3. The van der Waals surface area contributed by atoms with Crippen LogP contribution in [0.4, 0.5) is 5.69 Å². The van der Waals surface area contributed by atoms with E-state index in [0.29, 0.717) is 29.8 Å². The molecule has 210 valence electrons. The number of nitrogens with zero attached hydrogens (tertiary/aromatic N) is 3. The Bertz CT molecular complexity index is 1110. The first kappa shape index (κ1) is 29.2. The number of nitrogens with one attached hydrogen (secondary N) is 3. The molecule has 6 rings (SSSR count). The Morgan fingerprint density at radius 1 is 0.692 bits per heavy atom. The summed E-state index contributed by atoms with van der Waals surface area (Å²) >= 11 is 0. The highest BCUT2D eigenvalue weighted by Crippen LogP contribution is 2.35. The van der Waals surface area contributed by atoms with Crippen molar-refractivity contribution in [3.05, 3.63) is 83.2 Å². The van der Waals surface area contributed by atoms with Gasteiger partial charge < -0.3 is 16.0 Å².